The summed E-state index contributed by atoms with van der Waals surface area (Å²) >= 11 is 0. The van der Waals surface area contributed by atoms with Crippen LogP contribution in [0, 0.1) is 11.6 Å². The number of piperazine rings is 4. The quantitative estimate of drug-likeness (QED) is 0.0105. The number of imide groups is 4. The number of aromatic amines is 2. The molecule has 11 amide bonds. The molecule has 0 aliphatic carbocycles. The molecular formula is C106H124F8N18O15. The van der Waals surface area contributed by atoms with E-state index in [1.54, 1.807) is 91.0 Å². The molecule has 0 saturated carbocycles. The molecule has 0 spiro atoms. The van der Waals surface area contributed by atoms with Crippen LogP contribution in [0.4, 0.5) is 57.9 Å². The van der Waals surface area contributed by atoms with Crippen LogP contribution in [-0.4, -0.2) is 280 Å². The Morgan fingerprint density at radius 1 is 0.449 bits per heavy atom. The third-order valence-corrected chi connectivity index (χ3v) is 28.8. The summed E-state index contributed by atoms with van der Waals surface area (Å²) in [4.78, 5) is 198. The zero-order chi connectivity index (χ0) is 106. The highest BCUT2D eigenvalue weighted by molar-refractivity contribution is 6.25. The Morgan fingerprint density at radius 2 is 0.837 bits per heavy atom. The second-order valence-electron chi connectivity index (χ2n) is 39.0. The summed E-state index contributed by atoms with van der Waals surface area (Å²) in [5.41, 5.74) is 7.11. The standard InChI is InChI=1S/C53H61F4N9O7.C33H41F4N7O2.C20H22N2O6/c1-32-29-65(30-33(2)62(32)3)43-16-14-36(26-42(43)60-49(70)39-28-59-47(69)27-40(39)53(55,56)57)38-25-34(13-15-41(38)54)31-64-23-21-63(22-24-64)20-19-58-45(67)12-7-5-4-6-9-35-10-8-11-37-48(35)52(73)66(51(37)72)44-17-18-46(68)61-50(44)71;1-21-18-44(19-22(2)41(21)3)30-7-5-24(15-29(30)40-32(46)26-17-39-31(45)16-27(26)33(35,36)37)25-14-23(4-6-28(25)34)20-43-12-10-42(9-8-38)11-13-43;23-15-11-10-14(18(26)21-15)22-19(27)13-8-5-7-12(17(13)20(22)28)6-3-1-2-4-9-16(24)25/h8,10-11,13-16,25-28,32-33,44H,4-7,9,12,17-24,29-31H2,1-3H3,(H,58,67)(H,59,69)(H,60,70)(H,61,68,71);4-7,14-17,21-22H,8-13,18-20,38H2,1-3H3,(H,39,45)(H,40,46);5,7-8,14H,1-4,6,9-11H2,(H,24,25)(H,21,23,26)/t32-,33+,44?;21-,22+;. The summed E-state index contributed by atoms with van der Waals surface area (Å²) in [6.07, 6.45) is -0.215. The van der Waals surface area contributed by atoms with Crippen molar-refractivity contribution in [2.24, 2.45) is 5.73 Å². The minimum absolute atomic E-state index is 0.0266. The Morgan fingerprint density at radius 3 is 1.22 bits per heavy atom. The van der Waals surface area contributed by atoms with Crippen molar-refractivity contribution in [3.05, 3.63) is 233 Å². The molecule has 0 radical (unpaired) electrons. The lowest BCUT2D eigenvalue weighted by molar-refractivity contribution is -0.138. The van der Waals surface area contributed by atoms with Crippen molar-refractivity contribution in [3.8, 4) is 22.3 Å². The Balaban J connectivity index is 0.000000195. The van der Waals surface area contributed by atoms with Gasteiger partial charge >= 0.3 is 18.3 Å². The average Bonchev–Trinajstić information content (AvgIpc) is 1.66. The van der Waals surface area contributed by atoms with Gasteiger partial charge in [0.05, 0.1) is 67.3 Å². The highest BCUT2D eigenvalue weighted by atomic mass is 19.4. The number of alkyl halides is 6. The van der Waals surface area contributed by atoms with Crippen molar-refractivity contribution in [2.45, 2.75) is 192 Å². The molecular weight excluding hydrogens is 1920 g/mol. The van der Waals surface area contributed by atoms with Gasteiger partial charge in [-0.3, -0.25) is 117 Å². The maximum Gasteiger partial charge on any atom is 0.417 e. The number of halogens is 8. The van der Waals surface area contributed by atoms with Gasteiger partial charge in [0.2, 0.25) is 40.7 Å². The first kappa shape index (κ1) is 109. The zero-order valence-corrected chi connectivity index (χ0v) is 82.9. The third kappa shape index (κ3) is 26.9. The van der Waals surface area contributed by atoms with Crippen LogP contribution in [-0.2, 0) is 67.1 Å². The van der Waals surface area contributed by atoms with E-state index in [0.717, 1.165) is 142 Å². The molecule has 784 valence electrons. The maximum atomic E-state index is 15.7. The molecule has 10 N–H and O–H groups in total. The summed E-state index contributed by atoms with van der Waals surface area (Å²) in [5, 5.41) is 21.4. The molecule has 6 atom stereocenters. The fraction of sp³-hybridized carbons (Fsp3) is 0.453. The van der Waals surface area contributed by atoms with E-state index >= 15 is 8.78 Å². The number of anilines is 4. The molecule has 6 aromatic carbocycles. The van der Waals surface area contributed by atoms with Crippen molar-refractivity contribution >= 4 is 93.7 Å². The lowest BCUT2D eigenvalue weighted by Crippen LogP contribution is -2.55. The van der Waals surface area contributed by atoms with E-state index in [4.69, 9.17) is 10.8 Å². The molecule has 8 aliphatic heterocycles. The van der Waals surface area contributed by atoms with Gasteiger partial charge in [0.25, 0.3) is 35.4 Å². The molecule has 10 heterocycles. The Kier molecular flexibility index (Phi) is 35.9. The number of aromatic nitrogens is 2. The number of amides is 11. The Labute approximate surface area is 844 Å². The van der Waals surface area contributed by atoms with Crippen LogP contribution in [0.1, 0.15) is 213 Å². The number of nitrogens with zero attached hydrogens (tertiary/aromatic N) is 10. The number of aryl methyl sites for hydroxylation is 2. The minimum Gasteiger partial charge on any atom is -0.481 e. The molecule has 147 heavy (non-hydrogen) atoms. The first-order valence-corrected chi connectivity index (χ1v) is 49.9. The van der Waals surface area contributed by atoms with Crippen LogP contribution in [0.2, 0.25) is 0 Å². The lowest BCUT2D eigenvalue weighted by Gasteiger charge is -2.44. The molecule has 33 nitrogen and oxygen atoms in total. The number of fused-ring (bicyclic) bond motifs is 2. The van der Waals surface area contributed by atoms with Crippen molar-refractivity contribution in [1.29, 1.82) is 0 Å². The topological polar surface area (TPSA) is 409 Å². The number of nitrogens with one attached hydrogen (secondary N) is 7. The fourth-order valence-electron chi connectivity index (χ4n) is 20.3. The molecule has 2 aromatic heterocycles. The van der Waals surface area contributed by atoms with Gasteiger partial charge in [0, 0.05) is 203 Å². The molecule has 8 aromatic rings. The highest BCUT2D eigenvalue weighted by Gasteiger charge is 2.48. The third-order valence-electron chi connectivity index (χ3n) is 28.8. The zero-order valence-electron chi connectivity index (χ0n) is 82.9. The summed E-state index contributed by atoms with van der Waals surface area (Å²) in [6.45, 7) is 21.0. The van der Waals surface area contributed by atoms with E-state index in [1.165, 1.54) is 12.1 Å². The van der Waals surface area contributed by atoms with Gasteiger partial charge < -0.3 is 46.6 Å². The van der Waals surface area contributed by atoms with Gasteiger partial charge in [-0.15, -0.1) is 0 Å². The fourth-order valence-corrected chi connectivity index (χ4v) is 20.3. The second-order valence-corrected chi connectivity index (χ2v) is 39.0. The first-order chi connectivity index (χ1) is 70.1. The average molecular weight is 2040 g/mol. The molecule has 0 bridgehead atoms. The number of H-pyrrole nitrogens is 2. The first-order valence-electron chi connectivity index (χ1n) is 49.9. The number of benzene rings is 6. The van der Waals surface area contributed by atoms with Crippen LogP contribution >= 0.6 is 0 Å². The van der Waals surface area contributed by atoms with Crippen molar-refractivity contribution in [3.63, 3.8) is 0 Å². The predicted molar refractivity (Wildman–Crippen MR) is 534 cm³/mol. The number of rotatable bonds is 33. The molecule has 8 aliphatic rings. The number of nitrogens with two attached hydrogens (primary N) is 1. The molecule has 16 rings (SSSR count). The summed E-state index contributed by atoms with van der Waals surface area (Å²) in [5.74, 6) is -8.03. The Bertz CT molecular complexity index is 6380. The van der Waals surface area contributed by atoms with E-state index in [1.807, 2.05) is 20.2 Å². The number of carboxylic acid groups (broad SMARTS) is 1. The van der Waals surface area contributed by atoms with E-state index in [0.29, 0.717) is 142 Å². The van der Waals surface area contributed by atoms with Crippen molar-refractivity contribution in [1.82, 2.24) is 65.1 Å². The number of carboxylic acids is 1. The summed E-state index contributed by atoms with van der Waals surface area (Å²) in [7, 11) is 4.05. The SMILES string of the molecule is C[C@@H]1CN(c2ccc(-c3cc(CN4CCN(CCN)CC4)ccc3F)cc2NC(=O)c2c[nH]c(=O)cc2C(F)(F)F)C[C@H](C)N1C.C[C@@H]1CN(c2ccc(-c3cc(CN4CCN(CCNC(=O)CCCCCCc5cccc6c5C(=O)N(C5CCC(=O)NC5=O)C6=O)CC4)ccc3F)cc2NC(=O)c2c[nH]c(=O)cc2C(F)(F)F)C[C@H](C)N1C.O=C(O)CCCCCCc1cccc2c1C(=O)N(C1CCC(=O)NC1=O)C2=O. The number of carbonyl (C=O) groups excluding carboxylic acids is 11. The minimum atomic E-state index is -4.97. The van der Waals surface area contributed by atoms with Gasteiger partial charge in [0.1, 0.15) is 23.7 Å². The predicted octanol–water partition coefficient (Wildman–Crippen LogP) is 11.5. The van der Waals surface area contributed by atoms with E-state index in [2.05, 4.69) is 103 Å². The number of hydrogen-bond donors (Lipinski definition) is 9. The molecule has 2 unspecified atom stereocenters. The second kappa shape index (κ2) is 48.4. The highest BCUT2D eigenvalue weighted by Crippen LogP contribution is 2.42. The van der Waals surface area contributed by atoms with Gasteiger partial charge in [-0.2, -0.15) is 26.3 Å². The van der Waals surface area contributed by atoms with Crippen LogP contribution < -0.4 is 53.2 Å². The summed E-state index contributed by atoms with van der Waals surface area (Å²) in [6, 6.07) is 29.6. The lowest BCUT2D eigenvalue weighted by atomic mass is 9.97. The normalized spacial score (nSPS) is 19.9. The molecule has 6 saturated heterocycles. The van der Waals surface area contributed by atoms with E-state index in [9.17, 15) is 93.5 Å². The van der Waals surface area contributed by atoms with Crippen LogP contribution in [0.3, 0.4) is 0 Å². The van der Waals surface area contributed by atoms with Crippen LogP contribution in [0.5, 0.6) is 0 Å². The van der Waals surface area contributed by atoms with Crippen LogP contribution in [0.25, 0.3) is 22.3 Å². The van der Waals surface area contributed by atoms with Gasteiger partial charge in [-0.25, -0.2) is 8.78 Å². The number of carbonyl (C=O) groups is 12. The number of likely N-dealkylation sites (N-methyl/N-ethyl adjacent to an activating group) is 2. The number of aliphatic carboxylic acids is 1. The molecule has 41 heteroatoms. The maximum absolute atomic E-state index is 15.7. The largest absolute Gasteiger partial charge is 0.481 e. The van der Waals surface area contributed by atoms with Crippen molar-refractivity contribution < 1.29 is 97.8 Å². The smallest absolute Gasteiger partial charge is 0.417 e. The number of piperidine rings is 2. The van der Waals surface area contributed by atoms with Crippen LogP contribution in [0.15, 0.2) is 143 Å². The van der Waals surface area contributed by atoms with Crippen molar-refractivity contribution in [2.75, 3.05) is 139 Å². The number of unbranched alkanes of at least 4 members (excludes halogenated alkanes) is 6. The summed E-state index contributed by atoms with van der Waals surface area (Å²) < 4.78 is 114. The monoisotopic (exact) mass is 2040 g/mol. The number of hydrogen-bond acceptors (Lipinski definition) is 23. The Hall–Kier alpha value is -13.6. The molecule has 6 fully saturated rings. The van der Waals surface area contributed by atoms with E-state index in [-0.39, 0.29) is 90.2 Å². The van der Waals surface area contributed by atoms with Gasteiger partial charge in [0.15, 0.2) is 0 Å². The van der Waals surface area contributed by atoms with Gasteiger partial charge in [-0.05, 0) is 187 Å². The van der Waals surface area contributed by atoms with E-state index < -0.39 is 134 Å². The number of pyridine rings is 2. The van der Waals surface area contributed by atoms with Gasteiger partial charge in [-0.1, -0.05) is 74.2 Å².